The quantitative estimate of drug-likeness (QED) is 0.831. The average Bonchev–Trinajstić information content (AvgIpc) is 2.05. The number of rotatable bonds is 4. The molecule has 4 heteroatoms. The van der Waals surface area contributed by atoms with E-state index in [1.54, 1.807) is 0 Å². The number of benzene rings is 1. The summed E-state index contributed by atoms with van der Waals surface area (Å²) in [6, 6.07) is 7.57. The number of hydrogen-bond acceptors (Lipinski definition) is 3. The zero-order valence-electron chi connectivity index (χ0n) is 9.10. The molecule has 0 amide bonds. The van der Waals surface area contributed by atoms with Gasteiger partial charge in [-0.1, -0.05) is 24.3 Å². The van der Waals surface area contributed by atoms with Gasteiger partial charge in [-0.15, -0.1) is 0 Å². The summed E-state index contributed by atoms with van der Waals surface area (Å²) in [7, 11) is -2.98. The van der Waals surface area contributed by atoms with Gasteiger partial charge in [0.25, 0.3) is 0 Å². The van der Waals surface area contributed by atoms with E-state index in [0.29, 0.717) is 6.42 Å². The predicted molar refractivity (Wildman–Crippen MR) is 62.6 cm³/mol. The third-order valence-electron chi connectivity index (χ3n) is 2.26. The number of aryl methyl sites for hydroxylation is 1. The van der Waals surface area contributed by atoms with Crippen LogP contribution in [-0.4, -0.2) is 26.5 Å². The molecular weight excluding hydrogens is 210 g/mol. The Labute approximate surface area is 91.2 Å². The first-order valence-electron chi connectivity index (χ1n) is 4.86. The van der Waals surface area contributed by atoms with Crippen molar-refractivity contribution in [2.75, 3.05) is 12.0 Å². The number of hydrogen-bond donors (Lipinski definition) is 1. The van der Waals surface area contributed by atoms with Crippen molar-refractivity contribution in [2.24, 2.45) is 5.73 Å². The average molecular weight is 227 g/mol. The maximum Gasteiger partial charge on any atom is 0.148 e. The van der Waals surface area contributed by atoms with Gasteiger partial charge in [-0.2, -0.15) is 0 Å². The van der Waals surface area contributed by atoms with Crippen LogP contribution in [0.4, 0.5) is 0 Å². The molecule has 1 aromatic rings. The smallest absolute Gasteiger partial charge is 0.148 e. The van der Waals surface area contributed by atoms with Gasteiger partial charge in [0.1, 0.15) is 9.84 Å². The molecule has 0 saturated carbocycles. The molecule has 0 bridgehead atoms. The largest absolute Gasteiger partial charge is 0.326 e. The summed E-state index contributed by atoms with van der Waals surface area (Å²) in [5, 5.41) is 0. The molecule has 1 unspecified atom stereocenters. The Morgan fingerprint density at radius 2 is 1.93 bits per heavy atom. The molecule has 2 N–H and O–H groups in total. The summed E-state index contributed by atoms with van der Waals surface area (Å²) in [5.74, 6) is 0.0430. The molecule has 3 nitrogen and oxygen atoms in total. The van der Waals surface area contributed by atoms with Crippen LogP contribution in [0.3, 0.4) is 0 Å². The summed E-state index contributed by atoms with van der Waals surface area (Å²) in [5.41, 5.74) is 8.05. The van der Waals surface area contributed by atoms with Gasteiger partial charge in [-0.05, 0) is 24.5 Å². The van der Waals surface area contributed by atoms with Crippen LogP contribution in [0.15, 0.2) is 24.3 Å². The van der Waals surface area contributed by atoms with Crippen molar-refractivity contribution in [2.45, 2.75) is 19.4 Å². The lowest BCUT2D eigenvalue weighted by molar-refractivity contribution is 0.591. The molecule has 0 aliphatic carbocycles. The van der Waals surface area contributed by atoms with Crippen LogP contribution in [0.5, 0.6) is 0 Å². The van der Waals surface area contributed by atoms with Crippen LogP contribution in [0, 0.1) is 6.92 Å². The zero-order chi connectivity index (χ0) is 11.5. The normalized spacial score (nSPS) is 13.8. The lowest BCUT2D eigenvalue weighted by atomic mass is 10.0. The van der Waals surface area contributed by atoms with Crippen molar-refractivity contribution in [3.05, 3.63) is 35.4 Å². The minimum absolute atomic E-state index is 0.0430. The molecule has 0 radical (unpaired) electrons. The molecule has 1 rings (SSSR count). The minimum Gasteiger partial charge on any atom is -0.326 e. The van der Waals surface area contributed by atoms with E-state index < -0.39 is 9.84 Å². The van der Waals surface area contributed by atoms with E-state index in [-0.39, 0.29) is 11.8 Å². The van der Waals surface area contributed by atoms with E-state index in [0.717, 1.165) is 11.1 Å². The van der Waals surface area contributed by atoms with Gasteiger partial charge in [0.15, 0.2) is 0 Å². The first kappa shape index (κ1) is 12.2. The summed E-state index contributed by atoms with van der Waals surface area (Å²) < 4.78 is 22.1. The first-order valence-corrected chi connectivity index (χ1v) is 6.92. The van der Waals surface area contributed by atoms with Crippen molar-refractivity contribution >= 4 is 9.84 Å². The number of sulfone groups is 1. The molecular formula is C11H17NO2S. The van der Waals surface area contributed by atoms with E-state index in [4.69, 9.17) is 5.73 Å². The molecule has 1 aromatic carbocycles. The van der Waals surface area contributed by atoms with Crippen molar-refractivity contribution < 1.29 is 8.42 Å². The van der Waals surface area contributed by atoms with E-state index in [1.807, 2.05) is 31.2 Å². The second-order valence-corrected chi connectivity index (χ2v) is 6.17. The van der Waals surface area contributed by atoms with E-state index in [1.165, 1.54) is 6.26 Å². The van der Waals surface area contributed by atoms with Crippen LogP contribution >= 0.6 is 0 Å². The predicted octanol–water partition coefficient (Wildman–Crippen LogP) is 0.909. The lowest BCUT2D eigenvalue weighted by Gasteiger charge is -2.12. The van der Waals surface area contributed by atoms with Crippen LogP contribution in [0.25, 0.3) is 0 Å². The molecule has 15 heavy (non-hydrogen) atoms. The van der Waals surface area contributed by atoms with Gasteiger partial charge in [0.05, 0.1) is 5.75 Å². The first-order chi connectivity index (χ1) is 6.88. The molecule has 0 heterocycles. The van der Waals surface area contributed by atoms with E-state index in [2.05, 4.69) is 0 Å². The molecule has 0 saturated heterocycles. The fourth-order valence-electron chi connectivity index (χ4n) is 1.57. The Hall–Kier alpha value is -0.870. The van der Waals surface area contributed by atoms with Crippen LogP contribution in [-0.2, 0) is 16.3 Å². The fourth-order valence-corrected chi connectivity index (χ4v) is 2.46. The highest BCUT2D eigenvalue weighted by atomic mass is 32.2. The lowest BCUT2D eigenvalue weighted by Crippen LogP contribution is -2.31. The van der Waals surface area contributed by atoms with Crippen LogP contribution in [0.2, 0.25) is 0 Å². The van der Waals surface area contributed by atoms with Gasteiger partial charge in [0, 0.05) is 12.3 Å². The van der Waals surface area contributed by atoms with Gasteiger partial charge in [0.2, 0.25) is 0 Å². The van der Waals surface area contributed by atoms with Crippen molar-refractivity contribution in [1.29, 1.82) is 0 Å². The number of nitrogens with two attached hydrogens (primary N) is 1. The van der Waals surface area contributed by atoms with Gasteiger partial charge in [-0.3, -0.25) is 0 Å². The zero-order valence-corrected chi connectivity index (χ0v) is 9.92. The summed E-state index contributed by atoms with van der Waals surface area (Å²) >= 11 is 0. The molecule has 0 spiro atoms. The van der Waals surface area contributed by atoms with E-state index >= 15 is 0 Å². The third kappa shape index (κ3) is 4.44. The molecule has 0 aliphatic heterocycles. The maximum atomic E-state index is 11.0. The third-order valence-corrected chi connectivity index (χ3v) is 3.29. The Kier molecular flexibility index (Phi) is 3.88. The second-order valence-electron chi connectivity index (χ2n) is 3.98. The fraction of sp³-hybridized carbons (Fsp3) is 0.455. The summed E-state index contributed by atoms with van der Waals surface area (Å²) in [6.45, 7) is 2.00. The van der Waals surface area contributed by atoms with E-state index in [9.17, 15) is 8.42 Å². The highest BCUT2D eigenvalue weighted by Crippen LogP contribution is 2.09. The van der Waals surface area contributed by atoms with Gasteiger partial charge >= 0.3 is 0 Å². The monoisotopic (exact) mass is 227 g/mol. The van der Waals surface area contributed by atoms with Crippen molar-refractivity contribution in [3.8, 4) is 0 Å². The highest BCUT2D eigenvalue weighted by molar-refractivity contribution is 7.90. The van der Waals surface area contributed by atoms with Gasteiger partial charge < -0.3 is 5.73 Å². The summed E-state index contributed by atoms with van der Waals surface area (Å²) in [4.78, 5) is 0. The second kappa shape index (κ2) is 4.77. The standard InChI is InChI=1S/C11H17NO2S/c1-9-5-3-4-6-10(9)7-11(12)8-15(2,13)14/h3-6,11H,7-8,12H2,1-2H3. The summed E-state index contributed by atoms with van der Waals surface area (Å²) in [6.07, 6.45) is 1.82. The van der Waals surface area contributed by atoms with Crippen LogP contribution in [0.1, 0.15) is 11.1 Å². The molecule has 0 fully saturated rings. The Bertz CT molecular complexity index is 426. The minimum atomic E-state index is -2.98. The van der Waals surface area contributed by atoms with Crippen LogP contribution < -0.4 is 5.73 Å². The SMILES string of the molecule is Cc1ccccc1CC(N)CS(C)(=O)=O. The molecule has 0 aliphatic rings. The van der Waals surface area contributed by atoms with Crippen molar-refractivity contribution in [3.63, 3.8) is 0 Å². The molecule has 1 atom stereocenters. The molecule has 84 valence electrons. The molecule has 0 aromatic heterocycles. The van der Waals surface area contributed by atoms with Crippen molar-refractivity contribution in [1.82, 2.24) is 0 Å². The Balaban J connectivity index is 2.67. The van der Waals surface area contributed by atoms with Gasteiger partial charge in [-0.25, -0.2) is 8.42 Å². The maximum absolute atomic E-state index is 11.0. The topological polar surface area (TPSA) is 60.2 Å². The highest BCUT2D eigenvalue weighted by Gasteiger charge is 2.12. The Morgan fingerprint density at radius 3 is 2.47 bits per heavy atom. The Morgan fingerprint density at radius 1 is 1.33 bits per heavy atom.